The third-order valence-corrected chi connectivity index (χ3v) is 8.68. The van der Waals surface area contributed by atoms with Crippen molar-refractivity contribution in [2.75, 3.05) is 11.4 Å². The lowest BCUT2D eigenvalue weighted by Crippen LogP contribution is -2.39. The van der Waals surface area contributed by atoms with Crippen LogP contribution < -0.4 is 24.2 Å². The Morgan fingerprint density at radius 1 is 1.00 bits per heavy atom. The van der Waals surface area contributed by atoms with Crippen LogP contribution in [0.15, 0.2) is 65.5 Å². The Morgan fingerprint density at radius 2 is 1.71 bits per heavy atom. The van der Waals surface area contributed by atoms with E-state index in [-0.39, 0.29) is 68.6 Å². The smallest absolute Gasteiger partial charge is 0.408 e. The maximum atomic E-state index is 14.8. The van der Waals surface area contributed by atoms with Crippen LogP contribution in [0.2, 0.25) is 0 Å². The van der Waals surface area contributed by atoms with E-state index in [4.69, 9.17) is 30.6 Å². The Morgan fingerprint density at radius 3 is 2.36 bits per heavy atom. The number of fused-ring (bicyclic) bond motifs is 2. The predicted octanol–water partition coefficient (Wildman–Crippen LogP) is 7.63. The molecule has 55 heavy (non-hydrogen) atoms. The number of rotatable bonds is 11. The van der Waals surface area contributed by atoms with E-state index in [1.165, 1.54) is 33.3 Å². The van der Waals surface area contributed by atoms with Gasteiger partial charge in [0, 0.05) is 50.7 Å². The Labute approximate surface area is 319 Å². The fourth-order valence-electron chi connectivity index (χ4n) is 5.81. The minimum atomic E-state index is -1.35. The van der Waals surface area contributed by atoms with E-state index in [2.05, 4.69) is 15.4 Å². The molecule has 0 saturated heterocycles. The van der Waals surface area contributed by atoms with Crippen LogP contribution in [-0.2, 0) is 23.0 Å². The van der Waals surface area contributed by atoms with Gasteiger partial charge < -0.3 is 19.1 Å². The average Bonchev–Trinajstić information content (AvgIpc) is 3.45. The van der Waals surface area contributed by atoms with E-state index in [9.17, 15) is 31.9 Å². The summed E-state index contributed by atoms with van der Waals surface area (Å²) in [5, 5.41) is 7.42. The molecule has 1 unspecified atom stereocenters. The van der Waals surface area contributed by atoms with Gasteiger partial charge in [-0.05, 0) is 68.8 Å². The van der Waals surface area contributed by atoms with Crippen molar-refractivity contribution in [1.82, 2.24) is 29.6 Å². The summed E-state index contributed by atoms with van der Waals surface area (Å²) in [5.41, 5.74) is -0.928. The normalized spacial score (nSPS) is 12.1. The van der Waals surface area contributed by atoms with E-state index in [1.807, 2.05) is 0 Å². The number of carbonyl (C=O) groups excluding carboxylic acids is 2. The first-order valence-electron chi connectivity index (χ1n) is 16.2. The van der Waals surface area contributed by atoms with Gasteiger partial charge in [-0.1, -0.05) is 0 Å². The molecule has 0 aliphatic carbocycles. The van der Waals surface area contributed by atoms with Crippen LogP contribution in [0.4, 0.5) is 28.2 Å². The van der Waals surface area contributed by atoms with Gasteiger partial charge in [-0.25, -0.2) is 27.3 Å². The van der Waals surface area contributed by atoms with Crippen molar-refractivity contribution in [3.05, 3.63) is 106 Å². The van der Waals surface area contributed by atoms with Gasteiger partial charge >= 0.3 is 6.09 Å². The quantitative estimate of drug-likeness (QED) is 0.0785. The zero-order valence-electron chi connectivity index (χ0n) is 29.6. The lowest BCUT2D eigenvalue weighted by Gasteiger charge is -2.26. The van der Waals surface area contributed by atoms with Crippen molar-refractivity contribution in [3.8, 4) is 23.1 Å². The molecule has 1 N–H and O–H groups in total. The molecule has 0 spiro atoms. The first kappa shape index (κ1) is 38.8. The first-order chi connectivity index (χ1) is 26.1. The van der Waals surface area contributed by atoms with Crippen LogP contribution in [-0.4, -0.2) is 48.7 Å². The predicted molar refractivity (Wildman–Crippen MR) is 197 cm³/mol. The van der Waals surface area contributed by atoms with Gasteiger partial charge in [-0.2, -0.15) is 10.1 Å². The lowest BCUT2D eigenvalue weighted by atomic mass is 10.0. The van der Waals surface area contributed by atoms with Gasteiger partial charge in [0.15, 0.2) is 34.4 Å². The SMILES string of the molecule is CN(SC=O)c1nn(C)c2c(-n3c(C(Cc4cc(F)cc(F)c4)NC(=O)OC(C)(C)C)nc4nc(Oc5ccc(F)cc5F)ccc4c3=O)ccc(OCl)c12. The van der Waals surface area contributed by atoms with Crippen molar-refractivity contribution >= 4 is 63.3 Å². The molecule has 1 atom stereocenters. The average molecular weight is 800 g/mol. The summed E-state index contributed by atoms with van der Waals surface area (Å²) in [4.78, 5) is 48.6. The van der Waals surface area contributed by atoms with Crippen LogP contribution in [0.1, 0.15) is 38.2 Å². The molecule has 0 aliphatic rings. The standard InChI is InChI=1S/C36H30ClF4N7O6S/c1-36(2,3)53-35(51)42-24(14-18-12-20(39)15-21(40)13-18)32-44-31-22(7-11-28(43-31)52-26-9-6-19(38)16-23(26)41)34(50)48(32)25-8-10-27(54-37)29-30(25)46(4)45-33(29)47(5)55-17-49/h6-13,15-17,24H,14H2,1-5H3,(H,42,51). The third-order valence-electron chi connectivity index (χ3n) is 7.94. The van der Waals surface area contributed by atoms with Gasteiger partial charge in [0.05, 0.1) is 28.0 Å². The summed E-state index contributed by atoms with van der Waals surface area (Å²) in [6.45, 7) is 4.88. The molecule has 6 rings (SSSR count). The van der Waals surface area contributed by atoms with Gasteiger partial charge in [-0.3, -0.25) is 23.1 Å². The van der Waals surface area contributed by atoms with E-state index in [0.717, 1.165) is 40.8 Å². The van der Waals surface area contributed by atoms with E-state index < -0.39 is 46.6 Å². The molecule has 3 heterocycles. The molecule has 286 valence electrons. The molecular weight excluding hydrogens is 770 g/mol. The zero-order chi connectivity index (χ0) is 39.8. The summed E-state index contributed by atoms with van der Waals surface area (Å²) in [6, 6.07) is 9.61. The molecule has 0 saturated carbocycles. The Balaban J connectivity index is 1.65. The molecule has 19 heteroatoms. The van der Waals surface area contributed by atoms with Crippen LogP contribution in [0.25, 0.3) is 27.6 Å². The summed E-state index contributed by atoms with van der Waals surface area (Å²) >= 11 is 6.65. The second-order valence-electron chi connectivity index (χ2n) is 13.0. The molecule has 3 aromatic heterocycles. The fourth-order valence-corrected chi connectivity index (χ4v) is 6.29. The Bertz CT molecular complexity index is 2510. The number of hydrogen-bond acceptors (Lipinski definition) is 11. The number of carbonyl (C=O) groups is 2. The fraction of sp³-hybridized carbons (Fsp3) is 0.222. The van der Waals surface area contributed by atoms with Gasteiger partial charge in [0.25, 0.3) is 5.56 Å². The molecular formula is C36H30ClF4N7O6S. The van der Waals surface area contributed by atoms with Crippen molar-refractivity contribution < 1.29 is 40.9 Å². The highest BCUT2D eigenvalue weighted by molar-refractivity contribution is 8.13. The second-order valence-corrected chi connectivity index (χ2v) is 14.1. The Hall–Kier alpha value is -5.88. The number of anilines is 1. The molecule has 0 aliphatic heterocycles. The van der Waals surface area contributed by atoms with Crippen molar-refractivity contribution in [3.63, 3.8) is 0 Å². The highest BCUT2D eigenvalue weighted by atomic mass is 35.5. The monoisotopic (exact) mass is 799 g/mol. The number of benzene rings is 3. The number of alkyl carbamates (subject to hydrolysis) is 1. The number of ether oxygens (including phenoxy) is 2. The van der Waals surface area contributed by atoms with Crippen molar-refractivity contribution in [1.29, 1.82) is 0 Å². The molecule has 1 amide bonds. The molecule has 0 bridgehead atoms. The molecule has 3 aromatic carbocycles. The summed E-state index contributed by atoms with van der Waals surface area (Å²) in [5.74, 6) is -4.11. The first-order valence-corrected chi connectivity index (χ1v) is 17.3. The molecule has 13 nitrogen and oxygen atoms in total. The topological polar surface area (TPSA) is 143 Å². The lowest BCUT2D eigenvalue weighted by molar-refractivity contribution is 0.0500. The third kappa shape index (κ3) is 8.29. The second kappa shape index (κ2) is 15.5. The van der Waals surface area contributed by atoms with E-state index in [1.54, 1.807) is 34.9 Å². The van der Waals surface area contributed by atoms with E-state index >= 15 is 0 Å². The minimum absolute atomic E-state index is 0.0719. The maximum Gasteiger partial charge on any atom is 0.408 e. The molecule has 0 radical (unpaired) electrons. The number of aromatic nitrogens is 5. The van der Waals surface area contributed by atoms with Gasteiger partial charge in [0.1, 0.15) is 40.7 Å². The number of hydrogen-bond donors (Lipinski definition) is 1. The molecule has 6 aromatic rings. The summed E-state index contributed by atoms with van der Waals surface area (Å²) in [6.07, 6.45) is -1.29. The summed E-state index contributed by atoms with van der Waals surface area (Å²) < 4.78 is 77.4. The van der Waals surface area contributed by atoms with E-state index in [0.29, 0.717) is 17.8 Å². The number of pyridine rings is 1. The maximum absolute atomic E-state index is 14.8. The number of aryl methyl sites for hydroxylation is 1. The number of nitrogens with one attached hydrogen (secondary N) is 1. The molecule has 0 fully saturated rings. The minimum Gasteiger partial charge on any atom is -0.444 e. The van der Waals surface area contributed by atoms with Crippen LogP contribution in [0.5, 0.6) is 17.4 Å². The van der Waals surface area contributed by atoms with Crippen LogP contribution in [0, 0.1) is 23.3 Å². The number of nitrogens with zero attached hydrogens (tertiary/aromatic N) is 6. The largest absolute Gasteiger partial charge is 0.444 e. The summed E-state index contributed by atoms with van der Waals surface area (Å²) in [7, 11) is 3.14. The highest BCUT2D eigenvalue weighted by Crippen LogP contribution is 2.40. The number of halogens is 5. The highest BCUT2D eigenvalue weighted by Gasteiger charge is 2.30. The Kier molecular flexibility index (Phi) is 10.9. The van der Waals surface area contributed by atoms with Gasteiger partial charge in [0.2, 0.25) is 5.88 Å². The van der Waals surface area contributed by atoms with Crippen LogP contribution in [0.3, 0.4) is 0 Å². The van der Waals surface area contributed by atoms with Crippen molar-refractivity contribution in [2.45, 2.75) is 38.8 Å². The number of amides is 1. The van der Waals surface area contributed by atoms with Crippen molar-refractivity contribution in [2.24, 2.45) is 7.05 Å². The van der Waals surface area contributed by atoms with Crippen LogP contribution >= 0.6 is 23.8 Å². The zero-order valence-corrected chi connectivity index (χ0v) is 31.1. The van der Waals surface area contributed by atoms with Gasteiger partial charge in [-0.15, -0.1) is 0 Å².